The molecule has 4 aromatic rings. The number of fused-ring (bicyclic) bond motifs is 2. The van der Waals surface area contributed by atoms with Crippen molar-refractivity contribution in [3.8, 4) is 17.2 Å². The van der Waals surface area contributed by atoms with Crippen LogP contribution >= 0.6 is 11.6 Å². The summed E-state index contributed by atoms with van der Waals surface area (Å²) in [5.41, 5.74) is 1.77. The van der Waals surface area contributed by atoms with Crippen LogP contribution in [0, 0.1) is 0 Å². The van der Waals surface area contributed by atoms with Gasteiger partial charge >= 0.3 is 0 Å². The molecule has 0 amide bonds. The molecular formula is C26H20ClNO5. The monoisotopic (exact) mass is 461 g/mol. The van der Waals surface area contributed by atoms with E-state index in [2.05, 4.69) is 0 Å². The molecule has 166 valence electrons. The van der Waals surface area contributed by atoms with Gasteiger partial charge in [0.25, 0.3) is 0 Å². The summed E-state index contributed by atoms with van der Waals surface area (Å²) < 4.78 is 18.3. The van der Waals surface area contributed by atoms with E-state index in [9.17, 15) is 9.59 Å². The zero-order valence-electron chi connectivity index (χ0n) is 17.8. The summed E-state index contributed by atoms with van der Waals surface area (Å²) in [4.78, 5) is 26.7. The van der Waals surface area contributed by atoms with Crippen molar-refractivity contribution in [2.45, 2.75) is 13.5 Å². The molecule has 2 heterocycles. The quantitative estimate of drug-likeness (QED) is 0.375. The maximum atomic E-state index is 13.4. The number of hydrogen-bond donors (Lipinski definition) is 0. The first-order valence-electron chi connectivity index (χ1n) is 10.5. The van der Waals surface area contributed by atoms with Crippen LogP contribution in [0.25, 0.3) is 10.9 Å². The molecule has 7 heteroatoms. The second-order valence-corrected chi connectivity index (χ2v) is 8.07. The van der Waals surface area contributed by atoms with E-state index in [0.29, 0.717) is 51.9 Å². The van der Waals surface area contributed by atoms with E-state index in [1.54, 1.807) is 42.6 Å². The van der Waals surface area contributed by atoms with E-state index in [1.807, 2.05) is 35.8 Å². The molecule has 0 saturated heterocycles. The number of ketones is 1. The van der Waals surface area contributed by atoms with Crippen molar-refractivity contribution in [3.63, 3.8) is 0 Å². The third-order valence-electron chi connectivity index (χ3n) is 5.51. The lowest BCUT2D eigenvalue weighted by molar-refractivity contribution is 0.103. The van der Waals surface area contributed by atoms with Crippen LogP contribution in [0.1, 0.15) is 28.4 Å². The van der Waals surface area contributed by atoms with Crippen LogP contribution in [-0.4, -0.2) is 23.8 Å². The predicted molar refractivity (Wildman–Crippen MR) is 126 cm³/mol. The van der Waals surface area contributed by atoms with Crippen LogP contribution in [0.15, 0.2) is 71.7 Å². The van der Waals surface area contributed by atoms with Gasteiger partial charge in [-0.15, -0.1) is 0 Å². The topological polar surface area (TPSA) is 66.8 Å². The van der Waals surface area contributed by atoms with Crippen LogP contribution in [0.5, 0.6) is 17.2 Å². The Bertz CT molecular complexity index is 1410. The molecule has 1 aromatic heterocycles. The molecule has 0 bridgehead atoms. The predicted octanol–water partition coefficient (Wildman–Crippen LogP) is 5.06. The Morgan fingerprint density at radius 3 is 2.42 bits per heavy atom. The van der Waals surface area contributed by atoms with Gasteiger partial charge in [0.2, 0.25) is 12.2 Å². The Morgan fingerprint density at radius 1 is 1.03 bits per heavy atom. The molecule has 0 spiro atoms. The summed E-state index contributed by atoms with van der Waals surface area (Å²) in [6.07, 6.45) is 1.61. The molecule has 0 fully saturated rings. The van der Waals surface area contributed by atoms with Crippen molar-refractivity contribution in [2.75, 3.05) is 13.4 Å². The third-order valence-corrected chi connectivity index (χ3v) is 5.76. The average molecular weight is 462 g/mol. The number of nitrogens with zero attached hydrogens (tertiary/aromatic N) is 1. The molecule has 6 nitrogen and oxygen atoms in total. The summed E-state index contributed by atoms with van der Waals surface area (Å²) >= 11 is 6.03. The lowest BCUT2D eigenvalue weighted by atomic mass is 10.0. The van der Waals surface area contributed by atoms with Crippen LogP contribution in [0.2, 0.25) is 5.02 Å². The summed E-state index contributed by atoms with van der Waals surface area (Å²) in [5, 5.41) is 1.03. The van der Waals surface area contributed by atoms with Gasteiger partial charge in [-0.3, -0.25) is 9.59 Å². The van der Waals surface area contributed by atoms with Gasteiger partial charge in [-0.05, 0) is 55.0 Å². The molecule has 3 aromatic carbocycles. The number of ether oxygens (including phenoxy) is 3. The molecule has 5 rings (SSSR count). The van der Waals surface area contributed by atoms with E-state index >= 15 is 0 Å². The Kier molecular flexibility index (Phi) is 5.52. The summed E-state index contributed by atoms with van der Waals surface area (Å²) in [6.45, 7) is 2.96. The molecule has 0 N–H and O–H groups in total. The Morgan fingerprint density at radius 2 is 1.73 bits per heavy atom. The lowest BCUT2D eigenvalue weighted by Gasteiger charge is -2.14. The molecule has 33 heavy (non-hydrogen) atoms. The van der Waals surface area contributed by atoms with Crippen LogP contribution in [-0.2, 0) is 6.54 Å². The van der Waals surface area contributed by atoms with Gasteiger partial charge in [0.15, 0.2) is 17.3 Å². The molecule has 1 aliphatic rings. The minimum Gasteiger partial charge on any atom is -0.494 e. The first-order valence-corrected chi connectivity index (χ1v) is 10.9. The van der Waals surface area contributed by atoms with Crippen LogP contribution < -0.4 is 19.6 Å². The highest BCUT2D eigenvalue weighted by Crippen LogP contribution is 2.35. The van der Waals surface area contributed by atoms with Crippen molar-refractivity contribution in [3.05, 3.63) is 98.8 Å². The largest absolute Gasteiger partial charge is 0.494 e. The SMILES string of the molecule is CCOc1ccc(C(=O)c2cn(Cc3ccc(Cl)cc3)c3cc4c(cc3c2=O)OCO4)cc1. The van der Waals surface area contributed by atoms with Crippen molar-refractivity contribution >= 4 is 28.3 Å². The van der Waals surface area contributed by atoms with Crippen LogP contribution in [0.4, 0.5) is 0 Å². The average Bonchev–Trinajstić information content (AvgIpc) is 3.29. The fourth-order valence-corrected chi connectivity index (χ4v) is 4.01. The molecule has 0 radical (unpaired) electrons. The van der Waals surface area contributed by atoms with Gasteiger partial charge in [0, 0.05) is 29.4 Å². The third kappa shape index (κ3) is 4.05. The first kappa shape index (κ1) is 21.1. The summed E-state index contributed by atoms with van der Waals surface area (Å²) in [5.74, 6) is 1.37. The molecule has 1 aliphatic heterocycles. The highest BCUT2D eigenvalue weighted by Gasteiger charge is 2.22. The first-order chi connectivity index (χ1) is 16.0. The fourth-order valence-electron chi connectivity index (χ4n) is 3.88. The fraction of sp³-hybridized carbons (Fsp3) is 0.154. The number of carbonyl (C=O) groups is 1. The molecule has 0 aliphatic carbocycles. The number of halogens is 1. The van der Waals surface area contributed by atoms with Crippen molar-refractivity contribution in [1.29, 1.82) is 0 Å². The van der Waals surface area contributed by atoms with Gasteiger partial charge in [0.05, 0.1) is 23.1 Å². The second-order valence-electron chi connectivity index (χ2n) is 7.64. The zero-order valence-corrected chi connectivity index (χ0v) is 18.6. The number of carbonyl (C=O) groups excluding carboxylic acids is 1. The van der Waals surface area contributed by atoms with Gasteiger partial charge < -0.3 is 18.8 Å². The van der Waals surface area contributed by atoms with E-state index in [-0.39, 0.29) is 23.6 Å². The van der Waals surface area contributed by atoms with Gasteiger partial charge in [-0.2, -0.15) is 0 Å². The molecule has 0 atom stereocenters. The minimum absolute atomic E-state index is 0.0829. The maximum Gasteiger partial charge on any atom is 0.231 e. The summed E-state index contributed by atoms with van der Waals surface area (Å²) in [6, 6.07) is 17.6. The highest BCUT2D eigenvalue weighted by molar-refractivity contribution is 6.30. The maximum absolute atomic E-state index is 13.4. The smallest absolute Gasteiger partial charge is 0.231 e. The molecule has 0 unspecified atom stereocenters. The standard InChI is InChI=1S/C26H20ClNO5/c1-2-31-19-9-5-17(6-10-19)25(29)21-14-28(13-16-3-7-18(27)8-4-16)22-12-24-23(32-15-33-24)11-20(22)26(21)30/h3-12,14H,2,13,15H2,1H3. The van der Waals surface area contributed by atoms with E-state index in [0.717, 1.165) is 5.56 Å². The van der Waals surface area contributed by atoms with Crippen molar-refractivity contribution in [2.24, 2.45) is 0 Å². The number of pyridine rings is 1. The number of rotatable bonds is 6. The number of hydrogen-bond acceptors (Lipinski definition) is 5. The number of aromatic nitrogens is 1. The highest BCUT2D eigenvalue weighted by atomic mass is 35.5. The number of benzene rings is 3. The normalized spacial score (nSPS) is 12.2. The van der Waals surface area contributed by atoms with E-state index < -0.39 is 0 Å². The molecule has 0 saturated carbocycles. The minimum atomic E-state index is -0.354. The summed E-state index contributed by atoms with van der Waals surface area (Å²) in [7, 11) is 0. The zero-order chi connectivity index (χ0) is 22.9. The van der Waals surface area contributed by atoms with Gasteiger partial charge in [0.1, 0.15) is 5.75 Å². The molecular weight excluding hydrogens is 442 g/mol. The van der Waals surface area contributed by atoms with E-state index in [4.69, 9.17) is 25.8 Å². The Balaban J connectivity index is 1.64. The van der Waals surface area contributed by atoms with Crippen molar-refractivity contribution in [1.82, 2.24) is 4.57 Å². The Hall–Kier alpha value is -3.77. The Labute approximate surface area is 194 Å². The van der Waals surface area contributed by atoms with Gasteiger partial charge in [-0.1, -0.05) is 23.7 Å². The second kappa shape index (κ2) is 8.64. The van der Waals surface area contributed by atoms with Crippen LogP contribution in [0.3, 0.4) is 0 Å². The van der Waals surface area contributed by atoms with Gasteiger partial charge in [-0.25, -0.2) is 0 Å². The van der Waals surface area contributed by atoms with Crippen molar-refractivity contribution < 1.29 is 19.0 Å². The van der Waals surface area contributed by atoms with E-state index in [1.165, 1.54) is 0 Å². The lowest BCUT2D eigenvalue weighted by Crippen LogP contribution is -2.20.